The van der Waals surface area contributed by atoms with Crippen LogP contribution in [0.5, 0.6) is 0 Å². The van der Waals surface area contributed by atoms with Gasteiger partial charge in [-0.3, -0.25) is 0 Å². The third-order valence-electron chi connectivity index (χ3n) is 4.20. The van der Waals surface area contributed by atoms with E-state index in [1.54, 1.807) is 9.77 Å². The minimum Gasteiger partial charge on any atom is -0.147 e. The summed E-state index contributed by atoms with van der Waals surface area (Å²) < 4.78 is 5.02. The zero-order valence-corrected chi connectivity index (χ0v) is 18.8. The number of hydrogen-bond acceptors (Lipinski definition) is 0. The Morgan fingerprint density at radius 1 is 0.818 bits per heavy atom. The first-order valence-corrected chi connectivity index (χ1v) is 11.4. The van der Waals surface area contributed by atoms with E-state index in [1.165, 1.54) is 12.8 Å². The van der Waals surface area contributed by atoms with Gasteiger partial charge in [0.25, 0.3) is 0 Å². The predicted octanol–water partition coefficient (Wildman–Crippen LogP) is 6.40. The summed E-state index contributed by atoms with van der Waals surface area (Å²) in [7, 11) is 0. The Kier molecular flexibility index (Phi) is 8.52. The van der Waals surface area contributed by atoms with E-state index >= 15 is 0 Å². The maximum atomic E-state index is 2.52. The maximum Gasteiger partial charge on any atom is -0.147 e. The Morgan fingerprint density at radius 2 is 1.18 bits per heavy atom. The summed E-state index contributed by atoms with van der Waals surface area (Å²) in [4.78, 5) is 0. The van der Waals surface area contributed by atoms with Crippen LogP contribution in [0.15, 0.2) is 43.0 Å². The van der Waals surface area contributed by atoms with Crippen molar-refractivity contribution in [2.45, 2.75) is 54.4 Å². The Bertz CT molecular complexity index is 510. The molecule has 0 bridgehead atoms. The molecule has 0 heterocycles. The predicted molar refractivity (Wildman–Crippen MR) is 102 cm³/mol. The van der Waals surface area contributed by atoms with Gasteiger partial charge in [0.1, 0.15) is 0 Å². The van der Waals surface area contributed by atoms with E-state index in [9.17, 15) is 0 Å². The molecule has 0 spiro atoms. The van der Waals surface area contributed by atoms with Gasteiger partial charge in [-0.25, -0.2) is 0 Å². The van der Waals surface area contributed by atoms with Gasteiger partial charge in [-0.1, -0.05) is 0 Å². The van der Waals surface area contributed by atoms with Crippen LogP contribution in [-0.4, -0.2) is 3.21 Å². The molecule has 0 nitrogen and oxygen atoms in total. The van der Waals surface area contributed by atoms with E-state index in [-0.39, 0.29) is 24.8 Å². The minimum absolute atomic E-state index is 0. The number of rotatable bonds is 2. The van der Waals surface area contributed by atoms with Crippen LogP contribution in [0.2, 0.25) is 0 Å². The fourth-order valence-electron chi connectivity index (χ4n) is 2.76. The molecule has 0 saturated carbocycles. The minimum atomic E-state index is -1.78. The van der Waals surface area contributed by atoms with Gasteiger partial charge in [-0.15, -0.1) is 24.8 Å². The van der Waals surface area contributed by atoms with Crippen LogP contribution < -0.4 is 0 Å². The molecular formula is C19H30Cl2Zr. The second-order valence-electron chi connectivity index (χ2n) is 7.75. The van der Waals surface area contributed by atoms with Crippen LogP contribution in [0.25, 0.3) is 0 Å². The Labute approximate surface area is 156 Å². The first kappa shape index (κ1) is 22.3. The van der Waals surface area contributed by atoms with Crippen molar-refractivity contribution in [1.82, 2.24) is 0 Å². The fourth-order valence-corrected chi connectivity index (χ4v) is 9.16. The third kappa shape index (κ3) is 5.73. The van der Waals surface area contributed by atoms with Crippen molar-refractivity contribution < 1.29 is 21.3 Å². The van der Waals surface area contributed by atoms with Crippen molar-refractivity contribution in [3.05, 3.63) is 43.0 Å². The van der Waals surface area contributed by atoms with Crippen molar-refractivity contribution in [3.63, 3.8) is 0 Å². The summed E-state index contributed by atoms with van der Waals surface area (Å²) >= 11 is -1.78. The van der Waals surface area contributed by atoms with Gasteiger partial charge in [0, 0.05) is 0 Å². The largest absolute Gasteiger partial charge is 0.147 e. The molecule has 0 atom stereocenters. The normalized spacial score (nSPS) is 21.0. The van der Waals surface area contributed by atoms with E-state index in [0.29, 0.717) is 10.8 Å². The molecule has 0 fully saturated rings. The molecule has 0 aromatic heterocycles. The van der Waals surface area contributed by atoms with Gasteiger partial charge in [0.05, 0.1) is 0 Å². The maximum absolute atomic E-state index is 2.52. The molecule has 0 radical (unpaired) electrons. The van der Waals surface area contributed by atoms with Gasteiger partial charge in [-0.05, 0) is 0 Å². The van der Waals surface area contributed by atoms with Gasteiger partial charge in [0.2, 0.25) is 0 Å². The van der Waals surface area contributed by atoms with Crippen molar-refractivity contribution in [2.75, 3.05) is 0 Å². The van der Waals surface area contributed by atoms with Gasteiger partial charge < -0.3 is 0 Å². The van der Waals surface area contributed by atoms with Crippen molar-refractivity contribution >= 4 is 28.0 Å². The smallest absolute Gasteiger partial charge is 0.147 e. The zero-order chi connectivity index (χ0) is 15.0. The first-order chi connectivity index (χ1) is 9.20. The van der Waals surface area contributed by atoms with Crippen LogP contribution in [0.4, 0.5) is 0 Å². The SMILES string of the molecule is C[C](C)=[Zr]([C]1=CCC(C)(C)C=C1)[C]1=CCC(C)(C)C=C1.Cl.Cl. The molecule has 0 saturated heterocycles. The van der Waals surface area contributed by atoms with Crippen LogP contribution in [0.3, 0.4) is 0 Å². The topological polar surface area (TPSA) is 0 Å². The first-order valence-electron chi connectivity index (χ1n) is 7.67. The van der Waals surface area contributed by atoms with Crippen molar-refractivity contribution in [2.24, 2.45) is 10.8 Å². The molecule has 0 amide bonds. The van der Waals surface area contributed by atoms with Gasteiger partial charge in [-0.2, -0.15) is 0 Å². The number of allylic oxidation sites excluding steroid dienone is 8. The van der Waals surface area contributed by atoms with E-state index < -0.39 is 21.3 Å². The summed E-state index contributed by atoms with van der Waals surface area (Å²) in [5.41, 5.74) is 0.691. The second kappa shape index (κ2) is 8.41. The van der Waals surface area contributed by atoms with Crippen LogP contribution >= 0.6 is 24.8 Å². The van der Waals surface area contributed by atoms with E-state index in [0.717, 1.165) is 0 Å². The van der Waals surface area contributed by atoms with Crippen LogP contribution in [0, 0.1) is 10.8 Å². The number of hydrogen-bond donors (Lipinski definition) is 0. The summed E-state index contributed by atoms with van der Waals surface area (Å²) in [6.07, 6.45) is 17.1. The zero-order valence-electron chi connectivity index (χ0n) is 14.7. The molecule has 2 rings (SSSR count). The monoisotopic (exact) mass is 418 g/mol. The van der Waals surface area contributed by atoms with Gasteiger partial charge in [0.15, 0.2) is 0 Å². The van der Waals surface area contributed by atoms with Crippen molar-refractivity contribution in [3.8, 4) is 0 Å². The number of halogens is 2. The van der Waals surface area contributed by atoms with E-state index in [4.69, 9.17) is 0 Å². The molecule has 0 aromatic carbocycles. The molecule has 0 aromatic rings. The quantitative estimate of drug-likeness (QED) is 0.485. The van der Waals surface area contributed by atoms with Gasteiger partial charge >= 0.3 is 133 Å². The standard InChI is InChI=1S/2C8H11.C3H6.2ClH.Zr/c2*1-8(2)6-4-3-5-7-8;1-3-2;;;/h2*4-6H,7H2,1-2H3;1-2H3;2*1H;. The van der Waals surface area contributed by atoms with Crippen molar-refractivity contribution in [1.29, 1.82) is 0 Å². The van der Waals surface area contributed by atoms with E-state index in [1.807, 2.05) is 0 Å². The molecule has 124 valence electrons. The fraction of sp³-hybridized carbons (Fsp3) is 0.526. The summed E-state index contributed by atoms with van der Waals surface area (Å²) in [6.45, 7) is 14.0. The molecule has 2 aliphatic carbocycles. The van der Waals surface area contributed by atoms with E-state index in [2.05, 4.69) is 78.0 Å². The Hall–Kier alpha value is 0.293. The summed E-state index contributed by atoms with van der Waals surface area (Å²) in [5.74, 6) is 0. The van der Waals surface area contributed by atoms with Crippen LogP contribution in [-0.2, 0) is 21.3 Å². The molecule has 2 aliphatic rings. The molecular weight excluding hydrogens is 390 g/mol. The molecule has 22 heavy (non-hydrogen) atoms. The molecule has 0 N–H and O–H groups in total. The Morgan fingerprint density at radius 3 is 1.41 bits per heavy atom. The average molecular weight is 421 g/mol. The second-order valence-corrected chi connectivity index (χ2v) is 14.9. The summed E-state index contributed by atoms with van der Waals surface area (Å²) in [6, 6.07) is 0. The third-order valence-corrected chi connectivity index (χ3v) is 11.3. The molecule has 0 unspecified atom stereocenters. The molecule has 3 heteroatoms. The summed E-state index contributed by atoms with van der Waals surface area (Å²) in [5, 5.41) is 0. The molecule has 0 aliphatic heterocycles. The Balaban J connectivity index is 0.00000220. The van der Waals surface area contributed by atoms with Crippen LogP contribution in [0.1, 0.15) is 54.4 Å². The average Bonchev–Trinajstić information content (AvgIpc) is 2.33.